The molecule has 0 saturated carbocycles. The molecule has 0 aliphatic heterocycles. The molecular weight excluding hydrogens is 262 g/mol. The Balaban J connectivity index is 3.35. The van der Waals surface area contributed by atoms with Gasteiger partial charge in [0.25, 0.3) is 0 Å². The van der Waals surface area contributed by atoms with Crippen molar-refractivity contribution in [2.45, 2.75) is 66.9 Å². The molecule has 0 bridgehead atoms. The van der Waals surface area contributed by atoms with Gasteiger partial charge in [0, 0.05) is 18.0 Å². The topological polar surface area (TPSA) is 61.0 Å². The zero-order valence-electron chi connectivity index (χ0n) is 14.5. The van der Waals surface area contributed by atoms with Crippen molar-refractivity contribution in [3.05, 3.63) is 22.8 Å². The summed E-state index contributed by atoms with van der Waals surface area (Å²) in [6.07, 6.45) is 2.58. The van der Waals surface area contributed by atoms with E-state index in [0.29, 0.717) is 13.2 Å². The molecule has 1 aromatic heterocycles. The first kappa shape index (κ1) is 18.1. The van der Waals surface area contributed by atoms with Crippen molar-refractivity contribution in [1.82, 2.24) is 9.97 Å². The second kappa shape index (κ2) is 7.85. The van der Waals surface area contributed by atoms with E-state index < -0.39 is 0 Å². The Morgan fingerprint density at radius 1 is 1.05 bits per heavy atom. The number of aryl methyl sites for hydroxylation is 2. The van der Waals surface area contributed by atoms with Gasteiger partial charge in [-0.05, 0) is 43.7 Å². The monoisotopic (exact) mass is 293 g/mol. The van der Waals surface area contributed by atoms with Gasteiger partial charge < -0.3 is 10.5 Å². The highest BCUT2D eigenvalue weighted by molar-refractivity contribution is 5.27. The second-order valence-corrected chi connectivity index (χ2v) is 6.40. The molecule has 1 heterocycles. The van der Waals surface area contributed by atoms with E-state index in [1.54, 1.807) is 0 Å². The third kappa shape index (κ3) is 4.48. The standard InChI is InChI=1S/C17H31N3O/c1-7-13-12(10-11-18)14(8-2)20-16(19-13)15(21-9-3)17(4,5)6/h15H,7-11,18H2,1-6H3. The lowest BCUT2D eigenvalue weighted by molar-refractivity contribution is -0.0194. The fraction of sp³-hybridized carbons (Fsp3) is 0.765. The average molecular weight is 293 g/mol. The Morgan fingerprint density at radius 2 is 1.57 bits per heavy atom. The molecule has 0 saturated heterocycles. The fourth-order valence-electron chi connectivity index (χ4n) is 2.62. The van der Waals surface area contributed by atoms with Gasteiger partial charge in [0.1, 0.15) is 6.10 Å². The summed E-state index contributed by atoms with van der Waals surface area (Å²) in [5, 5.41) is 0. The van der Waals surface area contributed by atoms with Crippen LogP contribution in [0.25, 0.3) is 0 Å². The van der Waals surface area contributed by atoms with Crippen LogP contribution < -0.4 is 5.73 Å². The van der Waals surface area contributed by atoms with Crippen LogP contribution in [0, 0.1) is 5.41 Å². The molecule has 120 valence electrons. The zero-order valence-corrected chi connectivity index (χ0v) is 14.5. The zero-order chi connectivity index (χ0) is 16.0. The van der Waals surface area contributed by atoms with Crippen LogP contribution in [0.15, 0.2) is 0 Å². The molecule has 4 heteroatoms. The van der Waals surface area contributed by atoms with Crippen molar-refractivity contribution in [1.29, 1.82) is 0 Å². The first-order valence-corrected chi connectivity index (χ1v) is 8.09. The van der Waals surface area contributed by atoms with E-state index >= 15 is 0 Å². The van der Waals surface area contributed by atoms with Crippen molar-refractivity contribution < 1.29 is 4.74 Å². The van der Waals surface area contributed by atoms with Crippen LogP contribution in [-0.2, 0) is 24.0 Å². The van der Waals surface area contributed by atoms with Gasteiger partial charge in [-0.1, -0.05) is 34.6 Å². The molecular formula is C17H31N3O. The van der Waals surface area contributed by atoms with Crippen molar-refractivity contribution in [2.24, 2.45) is 11.1 Å². The predicted octanol–water partition coefficient (Wildman–Crippen LogP) is 3.23. The molecule has 0 aromatic carbocycles. The molecule has 1 unspecified atom stereocenters. The molecule has 0 radical (unpaired) electrons. The smallest absolute Gasteiger partial charge is 0.158 e. The van der Waals surface area contributed by atoms with Crippen LogP contribution in [0.2, 0.25) is 0 Å². The molecule has 0 amide bonds. The van der Waals surface area contributed by atoms with Crippen molar-refractivity contribution in [2.75, 3.05) is 13.2 Å². The van der Waals surface area contributed by atoms with Crippen LogP contribution in [0.3, 0.4) is 0 Å². The Hall–Kier alpha value is -1.00. The van der Waals surface area contributed by atoms with Crippen LogP contribution in [0.1, 0.15) is 70.4 Å². The quantitative estimate of drug-likeness (QED) is 0.838. The van der Waals surface area contributed by atoms with E-state index in [2.05, 4.69) is 34.6 Å². The van der Waals surface area contributed by atoms with Gasteiger partial charge in [-0.25, -0.2) is 9.97 Å². The van der Waals surface area contributed by atoms with E-state index in [1.165, 1.54) is 5.56 Å². The van der Waals surface area contributed by atoms with Crippen LogP contribution >= 0.6 is 0 Å². The summed E-state index contributed by atoms with van der Waals surface area (Å²) in [5.41, 5.74) is 9.19. The maximum absolute atomic E-state index is 5.94. The van der Waals surface area contributed by atoms with Gasteiger partial charge in [-0.3, -0.25) is 0 Å². The molecule has 1 rings (SSSR count). The van der Waals surface area contributed by atoms with E-state index in [9.17, 15) is 0 Å². The van der Waals surface area contributed by atoms with E-state index in [0.717, 1.165) is 36.5 Å². The van der Waals surface area contributed by atoms with Gasteiger partial charge in [0.2, 0.25) is 0 Å². The summed E-state index contributed by atoms with van der Waals surface area (Å²) >= 11 is 0. The van der Waals surface area contributed by atoms with Crippen molar-refractivity contribution >= 4 is 0 Å². The van der Waals surface area contributed by atoms with Gasteiger partial charge >= 0.3 is 0 Å². The highest BCUT2D eigenvalue weighted by atomic mass is 16.5. The molecule has 1 atom stereocenters. The largest absolute Gasteiger partial charge is 0.370 e. The van der Waals surface area contributed by atoms with E-state index in [-0.39, 0.29) is 11.5 Å². The normalized spacial score (nSPS) is 13.5. The number of nitrogens with two attached hydrogens (primary N) is 1. The molecule has 0 fully saturated rings. The van der Waals surface area contributed by atoms with Crippen molar-refractivity contribution in [3.63, 3.8) is 0 Å². The third-order valence-electron chi connectivity index (χ3n) is 3.61. The van der Waals surface area contributed by atoms with Crippen LogP contribution in [0.4, 0.5) is 0 Å². The van der Waals surface area contributed by atoms with Gasteiger partial charge in [-0.2, -0.15) is 0 Å². The van der Waals surface area contributed by atoms with Crippen LogP contribution in [-0.4, -0.2) is 23.1 Å². The predicted molar refractivity (Wildman–Crippen MR) is 87.4 cm³/mol. The number of hydrogen-bond donors (Lipinski definition) is 1. The summed E-state index contributed by atoms with van der Waals surface area (Å²) in [6, 6.07) is 0. The lowest BCUT2D eigenvalue weighted by Gasteiger charge is -2.30. The van der Waals surface area contributed by atoms with E-state index in [4.69, 9.17) is 20.4 Å². The second-order valence-electron chi connectivity index (χ2n) is 6.40. The minimum atomic E-state index is -0.0787. The number of hydrogen-bond acceptors (Lipinski definition) is 4. The van der Waals surface area contributed by atoms with Gasteiger partial charge in [0.05, 0.1) is 0 Å². The third-order valence-corrected chi connectivity index (χ3v) is 3.61. The van der Waals surface area contributed by atoms with Gasteiger partial charge in [-0.15, -0.1) is 0 Å². The summed E-state index contributed by atoms with van der Waals surface area (Å²) in [7, 11) is 0. The van der Waals surface area contributed by atoms with Gasteiger partial charge in [0.15, 0.2) is 5.82 Å². The number of nitrogens with zero attached hydrogens (tertiary/aromatic N) is 2. The van der Waals surface area contributed by atoms with Crippen LogP contribution in [0.5, 0.6) is 0 Å². The first-order chi connectivity index (χ1) is 9.88. The SMILES string of the molecule is CCOC(c1nc(CC)c(CCN)c(CC)n1)C(C)(C)C. The fourth-order valence-corrected chi connectivity index (χ4v) is 2.62. The molecule has 21 heavy (non-hydrogen) atoms. The minimum absolute atomic E-state index is 0.0264. The Bertz CT molecular complexity index is 427. The molecule has 1 aromatic rings. The first-order valence-electron chi connectivity index (χ1n) is 8.09. The highest BCUT2D eigenvalue weighted by Crippen LogP contribution is 2.35. The number of aromatic nitrogens is 2. The molecule has 0 aliphatic carbocycles. The highest BCUT2D eigenvalue weighted by Gasteiger charge is 2.30. The Labute approximate surface area is 129 Å². The van der Waals surface area contributed by atoms with E-state index in [1.807, 2.05) is 6.92 Å². The number of ether oxygens (including phenoxy) is 1. The Morgan fingerprint density at radius 3 is 1.90 bits per heavy atom. The molecule has 0 aliphatic rings. The molecule has 2 N–H and O–H groups in total. The summed E-state index contributed by atoms with van der Waals surface area (Å²) in [6.45, 7) is 14.1. The molecule has 4 nitrogen and oxygen atoms in total. The Kier molecular flexibility index (Phi) is 6.75. The lowest BCUT2D eigenvalue weighted by atomic mass is 9.88. The maximum atomic E-state index is 5.94. The summed E-state index contributed by atoms with van der Waals surface area (Å²) in [5.74, 6) is 0.818. The lowest BCUT2D eigenvalue weighted by Crippen LogP contribution is -2.25. The minimum Gasteiger partial charge on any atom is -0.370 e. The summed E-state index contributed by atoms with van der Waals surface area (Å²) < 4.78 is 5.94. The maximum Gasteiger partial charge on any atom is 0.158 e. The average Bonchev–Trinajstić information content (AvgIpc) is 2.44. The molecule has 0 spiro atoms. The van der Waals surface area contributed by atoms with Crippen molar-refractivity contribution in [3.8, 4) is 0 Å². The number of rotatable bonds is 7. The summed E-state index contributed by atoms with van der Waals surface area (Å²) in [4.78, 5) is 9.62.